The van der Waals surface area contributed by atoms with Crippen LogP contribution in [0.2, 0.25) is 0 Å². The maximum atomic E-state index is 11.8. The number of carbonyl (C=O) groups excluding carboxylic acids is 1. The van der Waals surface area contributed by atoms with Gasteiger partial charge in [-0.3, -0.25) is 9.69 Å². The van der Waals surface area contributed by atoms with E-state index in [0.29, 0.717) is 24.5 Å². The second kappa shape index (κ2) is 5.33. The molecule has 4 atom stereocenters. The van der Waals surface area contributed by atoms with E-state index in [-0.39, 0.29) is 11.9 Å². The Kier molecular flexibility index (Phi) is 3.56. The molecule has 0 aromatic heterocycles. The number of allylic oxidation sites excluding steroid dienone is 3. The van der Waals surface area contributed by atoms with Crippen LogP contribution in [0.3, 0.4) is 0 Å². The number of nitrogens with zero attached hydrogens (tertiary/aromatic N) is 1. The van der Waals surface area contributed by atoms with Gasteiger partial charge in [0.05, 0.1) is 12.5 Å². The number of carbonyl (C=O) groups is 1. The van der Waals surface area contributed by atoms with E-state index in [9.17, 15) is 4.79 Å². The molecule has 3 aliphatic rings. The smallest absolute Gasteiger partial charge is 0.314 e. The van der Waals surface area contributed by atoms with Crippen molar-refractivity contribution in [2.75, 3.05) is 19.7 Å². The van der Waals surface area contributed by atoms with E-state index < -0.39 is 0 Å². The lowest BCUT2D eigenvalue weighted by Crippen LogP contribution is -2.51. The average molecular weight is 259 g/mol. The van der Waals surface area contributed by atoms with Crippen LogP contribution in [0.25, 0.3) is 0 Å². The highest BCUT2D eigenvalue weighted by Gasteiger charge is 2.38. The fourth-order valence-electron chi connectivity index (χ4n) is 3.46. The highest BCUT2D eigenvalue weighted by molar-refractivity contribution is 5.75. The molecule has 1 saturated heterocycles. The molecule has 0 aromatic rings. The lowest BCUT2D eigenvalue weighted by Gasteiger charge is -2.46. The predicted octanol–water partition coefficient (Wildman–Crippen LogP) is 2.17. The summed E-state index contributed by atoms with van der Waals surface area (Å²) in [5.41, 5.74) is 0. The SMILES string of the molecule is CCOC(=O)C1C=CC2C3C=CC=CC3CCN2C1. The van der Waals surface area contributed by atoms with Gasteiger partial charge in [0, 0.05) is 18.5 Å². The number of hydrogen-bond donors (Lipinski definition) is 0. The maximum Gasteiger partial charge on any atom is 0.314 e. The molecule has 3 rings (SSSR count). The number of hydrogen-bond acceptors (Lipinski definition) is 3. The van der Waals surface area contributed by atoms with Crippen molar-refractivity contribution in [3.63, 3.8) is 0 Å². The molecule has 0 aromatic carbocycles. The number of rotatable bonds is 2. The first-order valence-corrected chi connectivity index (χ1v) is 7.23. The second-order valence-corrected chi connectivity index (χ2v) is 5.53. The van der Waals surface area contributed by atoms with Gasteiger partial charge in [-0.1, -0.05) is 36.5 Å². The molecule has 3 heteroatoms. The van der Waals surface area contributed by atoms with Gasteiger partial charge in [-0.25, -0.2) is 0 Å². The van der Waals surface area contributed by atoms with Gasteiger partial charge in [0.1, 0.15) is 0 Å². The summed E-state index contributed by atoms with van der Waals surface area (Å²) in [6.45, 7) is 4.20. The van der Waals surface area contributed by atoms with Gasteiger partial charge < -0.3 is 4.74 Å². The topological polar surface area (TPSA) is 29.5 Å². The summed E-state index contributed by atoms with van der Waals surface area (Å²) in [6, 6.07) is 0.450. The monoisotopic (exact) mass is 259 g/mol. The average Bonchev–Trinajstić information content (AvgIpc) is 2.46. The molecule has 2 aliphatic heterocycles. The van der Waals surface area contributed by atoms with Crippen LogP contribution in [-0.2, 0) is 9.53 Å². The molecule has 0 amide bonds. The lowest BCUT2D eigenvalue weighted by atomic mass is 9.75. The molecule has 2 heterocycles. The van der Waals surface area contributed by atoms with Crippen LogP contribution in [0.15, 0.2) is 36.5 Å². The Morgan fingerprint density at radius 1 is 1.26 bits per heavy atom. The van der Waals surface area contributed by atoms with E-state index >= 15 is 0 Å². The molecule has 1 aliphatic carbocycles. The molecule has 3 nitrogen and oxygen atoms in total. The first-order valence-electron chi connectivity index (χ1n) is 7.23. The van der Waals surface area contributed by atoms with Gasteiger partial charge in [-0.15, -0.1) is 0 Å². The van der Waals surface area contributed by atoms with Crippen molar-refractivity contribution >= 4 is 5.97 Å². The standard InChI is InChI=1S/C16H21NO2/c1-2-19-16(18)13-7-8-15-14-6-4-3-5-12(14)9-10-17(15)11-13/h3-8,12-15H,2,9-11H2,1H3. The highest BCUT2D eigenvalue weighted by Crippen LogP contribution is 2.36. The van der Waals surface area contributed by atoms with Gasteiger partial charge in [0.25, 0.3) is 0 Å². The largest absolute Gasteiger partial charge is 0.466 e. The van der Waals surface area contributed by atoms with E-state index in [2.05, 4.69) is 35.3 Å². The third-order valence-electron chi connectivity index (χ3n) is 4.42. The molecule has 1 fully saturated rings. The Morgan fingerprint density at radius 3 is 2.95 bits per heavy atom. The van der Waals surface area contributed by atoms with Crippen molar-refractivity contribution in [1.29, 1.82) is 0 Å². The molecular formula is C16H21NO2. The zero-order valence-corrected chi connectivity index (χ0v) is 11.4. The molecule has 0 saturated carbocycles. The third kappa shape index (κ3) is 2.39. The van der Waals surface area contributed by atoms with Crippen molar-refractivity contribution in [2.24, 2.45) is 17.8 Å². The molecular weight excluding hydrogens is 238 g/mol. The van der Waals surface area contributed by atoms with Crippen LogP contribution in [0.5, 0.6) is 0 Å². The molecule has 0 spiro atoms. The predicted molar refractivity (Wildman–Crippen MR) is 74.5 cm³/mol. The Bertz CT molecular complexity index is 438. The fraction of sp³-hybridized carbons (Fsp3) is 0.562. The number of ether oxygens (including phenoxy) is 1. The van der Waals surface area contributed by atoms with E-state index in [1.807, 2.05) is 13.0 Å². The summed E-state index contributed by atoms with van der Waals surface area (Å²) >= 11 is 0. The van der Waals surface area contributed by atoms with E-state index in [1.165, 1.54) is 6.42 Å². The summed E-state index contributed by atoms with van der Waals surface area (Å²) < 4.78 is 5.13. The number of piperidine rings is 1. The quantitative estimate of drug-likeness (QED) is 0.562. The minimum Gasteiger partial charge on any atom is -0.466 e. The maximum absolute atomic E-state index is 11.8. The van der Waals surface area contributed by atoms with Crippen LogP contribution in [0.1, 0.15) is 13.3 Å². The van der Waals surface area contributed by atoms with Gasteiger partial charge in [-0.2, -0.15) is 0 Å². The molecule has 0 radical (unpaired) electrons. The lowest BCUT2D eigenvalue weighted by molar-refractivity contribution is -0.147. The van der Waals surface area contributed by atoms with Crippen molar-refractivity contribution in [3.05, 3.63) is 36.5 Å². The van der Waals surface area contributed by atoms with Gasteiger partial charge in [0.2, 0.25) is 0 Å². The third-order valence-corrected chi connectivity index (χ3v) is 4.42. The summed E-state index contributed by atoms with van der Waals surface area (Å²) in [5.74, 6) is 1.06. The van der Waals surface area contributed by atoms with Crippen molar-refractivity contribution in [1.82, 2.24) is 4.90 Å². The Labute approximate surface area is 114 Å². The first kappa shape index (κ1) is 12.7. The van der Waals surface area contributed by atoms with E-state index in [0.717, 1.165) is 13.1 Å². The minimum atomic E-state index is -0.0872. The van der Waals surface area contributed by atoms with E-state index in [4.69, 9.17) is 4.74 Å². The van der Waals surface area contributed by atoms with Crippen molar-refractivity contribution < 1.29 is 9.53 Å². The summed E-state index contributed by atoms with van der Waals surface area (Å²) in [6.07, 6.45) is 14.4. The summed E-state index contributed by atoms with van der Waals surface area (Å²) in [4.78, 5) is 14.3. The normalized spacial score (nSPS) is 36.7. The van der Waals surface area contributed by atoms with Crippen LogP contribution >= 0.6 is 0 Å². The molecule has 0 N–H and O–H groups in total. The number of esters is 1. The Balaban J connectivity index is 1.74. The fourth-order valence-corrected chi connectivity index (χ4v) is 3.46. The van der Waals surface area contributed by atoms with Crippen molar-refractivity contribution in [2.45, 2.75) is 19.4 Å². The minimum absolute atomic E-state index is 0.0848. The van der Waals surface area contributed by atoms with Gasteiger partial charge >= 0.3 is 5.97 Å². The van der Waals surface area contributed by atoms with Crippen LogP contribution in [0, 0.1) is 17.8 Å². The summed E-state index contributed by atoms with van der Waals surface area (Å²) in [5, 5.41) is 0. The molecule has 19 heavy (non-hydrogen) atoms. The van der Waals surface area contributed by atoms with E-state index in [1.54, 1.807) is 0 Å². The molecule has 102 valence electrons. The van der Waals surface area contributed by atoms with Crippen LogP contribution < -0.4 is 0 Å². The van der Waals surface area contributed by atoms with Gasteiger partial charge in [0.15, 0.2) is 0 Å². The summed E-state index contributed by atoms with van der Waals surface area (Å²) in [7, 11) is 0. The second-order valence-electron chi connectivity index (χ2n) is 5.53. The zero-order chi connectivity index (χ0) is 13.2. The number of fused-ring (bicyclic) bond motifs is 3. The van der Waals surface area contributed by atoms with Crippen LogP contribution in [0.4, 0.5) is 0 Å². The first-order chi connectivity index (χ1) is 9.29. The molecule has 4 unspecified atom stereocenters. The Morgan fingerprint density at radius 2 is 2.11 bits per heavy atom. The zero-order valence-electron chi connectivity index (χ0n) is 11.4. The van der Waals surface area contributed by atoms with Crippen LogP contribution in [-0.4, -0.2) is 36.6 Å². The van der Waals surface area contributed by atoms with Crippen molar-refractivity contribution in [3.8, 4) is 0 Å². The highest BCUT2D eigenvalue weighted by atomic mass is 16.5. The Hall–Kier alpha value is -1.35. The van der Waals surface area contributed by atoms with Gasteiger partial charge in [-0.05, 0) is 25.8 Å². The molecule has 0 bridgehead atoms.